The zero-order valence-electron chi connectivity index (χ0n) is 13.2. The lowest BCUT2D eigenvalue weighted by molar-refractivity contribution is -0.354. The summed E-state index contributed by atoms with van der Waals surface area (Å²) in [6.45, 7) is 11.3. The normalized spacial score (nSPS) is 34.8. The van der Waals surface area contributed by atoms with Crippen molar-refractivity contribution in [2.75, 3.05) is 0 Å². The van der Waals surface area contributed by atoms with E-state index < -0.39 is 29.2 Å². The molecular weight excluding hydrogens is 284 g/mol. The van der Waals surface area contributed by atoms with Gasteiger partial charge in [0.15, 0.2) is 6.10 Å². The summed E-state index contributed by atoms with van der Waals surface area (Å²) >= 11 is 0. The number of carbonyl (C=O) groups excluding carboxylic acids is 1. The minimum Gasteiger partial charge on any atom is -0.421 e. The van der Waals surface area contributed by atoms with Crippen LogP contribution in [-0.2, 0) is 29.5 Å². The molecular formula is C17H20O5. The molecule has 0 aromatic heterocycles. The summed E-state index contributed by atoms with van der Waals surface area (Å²) in [4.78, 5) is 11.7. The van der Waals surface area contributed by atoms with E-state index in [0.29, 0.717) is 0 Å². The van der Waals surface area contributed by atoms with Crippen LogP contribution >= 0.6 is 0 Å². The Balaban J connectivity index is 2.08. The average molecular weight is 304 g/mol. The van der Waals surface area contributed by atoms with Crippen molar-refractivity contribution in [3.05, 3.63) is 48.2 Å². The lowest BCUT2D eigenvalue weighted by atomic mass is 9.81. The minimum absolute atomic E-state index is 0.0757. The van der Waals surface area contributed by atoms with Crippen LogP contribution in [0.25, 0.3) is 0 Å². The van der Waals surface area contributed by atoms with Gasteiger partial charge < -0.3 is 14.2 Å². The molecule has 3 rings (SSSR count). The van der Waals surface area contributed by atoms with Crippen LogP contribution in [-0.4, -0.2) is 18.0 Å². The highest BCUT2D eigenvalue weighted by molar-refractivity contribution is 5.87. The van der Waals surface area contributed by atoms with Gasteiger partial charge in [0.25, 0.3) is 0 Å². The van der Waals surface area contributed by atoms with Gasteiger partial charge in [-0.05, 0) is 13.5 Å². The first-order valence-corrected chi connectivity index (χ1v) is 7.25. The third-order valence-corrected chi connectivity index (χ3v) is 4.00. The number of benzene rings is 1. The Bertz CT molecular complexity index is 600. The first kappa shape index (κ1) is 15.1. The van der Waals surface area contributed by atoms with Gasteiger partial charge in [0, 0.05) is 11.0 Å². The predicted octanol–water partition coefficient (Wildman–Crippen LogP) is 3.06. The number of carbonyl (C=O) groups is 1. The van der Waals surface area contributed by atoms with Gasteiger partial charge in [-0.15, -0.1) is 0 Å². The van der Waals surface area contributed by atoms with Crippen molar-refractivity contribution < 1.29 is 23.7 Å². The van der Waals surface area contributed by atoms with Gasteiger partial charge in [-0.3, -0.25) is 4.74 Å². The predicted molar refractivity (Wildman–Crippen MR) is 78.3 cm³/mol. The third-order valence-electron chi connectivity index (χ3n) is 4.00. The maximum absolute atomic E-state index is 11.7. The maximum atomic E-state index is 11.7. The highest BCUT2D eigenvalue weighted by Gasteiger charge is 2.68. The topological polar surface area (TPSA) is 54.0 Å². The highest BCUT2D eigenvalue weighted by atomic mass is 17.0. The van der Waals surface area contributed by atoms with Crippen molar-refractivity contribution in [3.8, 4) is 0 Å². The van der Waals surface area contributed by atoms with Gasteiger partial charge in [-0.1, -0.05) is 51.1 Å². The van der Waals surface area contributed by atoms with Crippen molar-refractivity contribution in [2.45, 2.75) is 45.6 Å². The fourth-order valence-electron chi connectivity index (χ4n) is 2.80. The molecule has 118 valence electrons. The number of ether oxygens (including phenoxy) is 4. The summed E-state index contributed by atoms with van der Waals surface area (Å²) in [5.41, 5.74) is 0.412. The number of hydrogen-bond donors (Lipinski definition) is 0. The molecule has 1 spiro atoms. The smallest absolute Gasteiger partial charge is 0.404 e. The Kier molecular flexibility index (Phi) is 3.13. The Labute approximate surface area is 129 Å². The molecule has 0 radical (unpaired) electrons. The van der Waals surface area contributed by atoms with E-state index >= 15 is 0 Å². The van der Waals surface area contributed by atoms with Crippen LogP contribution in [0.15, 0.2) is 42.7 Å². The molecule has 22 heavy (non-hydrogen) atoms. The van der Waals surface area contributed by atoms with Crippen molar-refractivity contribution in [2.24, 2.45) is 5.41 Å². The second-order valence-corrected chi connectivity index (χ2v) is 6.61. The molecule has 5 nitrogen and oxygen atoms in total. The molecule has 2 aliphatic rings. The summed E-state index contributed by atoms with van der Waals surface area (Å²) in [6, 6.07) is 9.57. The Morgan fingerprint density at radius 1 is 1.14 bits per heavy atom. The summed E-state index contributed by atoms with van der Waals surface area (Å²) < 4.78 is 23.1. The van der Waals surface area contributed by atoms with Crippen LogP contribution in [0.4, 0.5) is 0 Å². The molecule has 1 aromatic rings. The van der Waals surface area contributed by atoms with Gasteiger partial charge >= 0.3 is 11.9 Å². The molecule has 5 heteroatoms. The Morgan fingerprint density at radius 2 is 1.77 bits per heavy atom. The second kappa shape index (κ2) is 4.57. The lowest BCUT2D eigenvalue weighted by Gasteiger charge is -2.40. The van der Waals surface area contributed by atoms with Crippen molar-refractivity contribution in [1.82, 2.24) is 0 Å². The molecule has 3 atom stereocenters. The van der Waals surface area contributed by atoms with Gasteiger partial charge in [0.1, 0.15) is 0 Å². The Morgan fingerprint density at radius 3 is 2.27 bits per heavy atom. The molecule has 0 bridgehead atoms. The van der Waals surface area contributed by atoms with Gasteiger partial charge in [0.05, 0.1) is 0 Å². The monoisotopic (exact) mass is 304 g/mol. The summed E-state index contributed by atoms with van der Waals surface area (Å²) in [5, 5.41) is 0. The van der Waals surface area contributed by atoms with Crippen LogP contribution in [0.3, 0.4) is 0 Å². The summed E-state index contributed by atoms with van der Waals surface area (Å²) in [6.07, 6.45) is -0.602. The molecule has 2 fully saturated rings. The molecule has 0 saturated carbocycles. The third kappa shape index (κ3) is 1.96. The lowest BCUT2D eigenvalue weighted by Crippen LogP contribution is -2.44. The van der Waals surface area contributed by atoms with Crippen molar-refractivity contribution in [1.29, 1.82) is 0 Å². The van der Waals surface area contributed by atoms with Gasteiger partial charge in [-0.25, -0.2) is 4.79 Å². The minimum atomic E-state index is -1.59. The first-order chi connectivity index (χ1) is 10.2. The molecule has 0 N–H and O–H groups in total. The molecule has 2 aliphatic heterocycles. The van der Waals surface area contributed by atoms with E-state index in [0.717, 1.165) is 5.56 Å². The SMILES string of the molecule is C=C1OC2(OC1=O)OC(c1ccccc1)(C(C)(C)C)OC2C. The van der Waals surface area contributed by atoms with Crippen molar-refractivity contribution in [3.63, 3.8) is 0 Å². The van der Waals surface area contributed by atoms with Crippen molar-refractivity contribution >= 4 is 5.97 Å². The number of esters is 1. The highest BCUT2D eigenvalue weighted by Crippen LogP contribution is 2.55. The largest absolute Gasteiger partial charge is 0.421 e. The second-order valence-electron chi connectivity index (χ2n) is 6.61. The molecule has 1 aromatic carbocycles. The van der Waals surface area contributed by atoms with E-state index in [1.807, 2.05) is 51.1 Å². The van der Waals surface area contributed by atoms with E-state index in [4.69, 9.17) is 18.9 Å². The quantitative estimate of drug-likeness (QED) is 0.589. The summed E-state index contributed by atoms with van der Waals surface area (Å²) in [7, 11) is 0. The number of rotatable bonds is 1. The molecule has 0 aliphatic carbocycles. The van der Waals surface area contributed by atoms with Gasteiger partial charge in [-0.2, -0.15) is 0 Å². The molecule has 2 heterocycles. The van der Waals surface area contributed by atoms with Crippen LogP contribution < -0.4 is 0 Å². The standard InChI is InChI=1S/C17H20O5/c1-11-14(18)21-17(19-11)12(2)20-16(22-17,15(3,4)5)13-9-7-6-8-10-13/h6-10,12H,1H2,2-5H3. The van der Waals surface area contributed by atoms with Crippen LogP contribution in [0, 0.1) is 5.41 Å². The van der Waals surface area contributed by atoms with Gasteiger partial charge in [0.2, 0.25) is 11.5 Å². The molecule has 3 unspecified atom stereocenters. The van der Waals surface area contributed by atoms with E-state index in [1.165, 1.54) is 0 Å². The van der Waals surface area contributed by atoms with Crippen LogP contribution in [0.2, 0.25) is 0 Å². The fraction of sp³-hybridized carbons (Fsp3) is 0.471. The van der Waals surface area contributed by atoms with Crippen LogP contribution in [0.5, 0.6) is 0 Å². The zero-order valence-corrected chi connectivity index (χ0v) is 13.2. The summed E-state index contributed by atoms with van der Waals surface area (Å²) in [5.74, 6) is -3.39. The van der Waals surface area contributed by atoms with E-state index in [-0.39, 0.29) is 5.76 Å². The zero-order chi connectivity index (χ0) is 16.2. The average Bonchev–Trinajstić information content (AvgIpc) is 2.89. The maximum Gasteiger partial charge on any atom is 0.404 e. The van der Waals surface area contributed by atoms with Crippen LogP contribution in [0.1, 0.15) is 33.3 Å². The number of hydrogen-bond acceptors (Lipinski definition) is 5. The van der Waals surface area contributed by atoms with E-state index in [2.05, 4.69) is 6.58 Å². The van der Waals surface area contributed by atoms with E-state index in [1.54, 1.807) is 6.92 Å². The Hall–Kier alpha value is -1.85. The molecule has 2 saturated heterocycles. The van der Waals surface area contributed by atoms with E-state index in [9.17, 15) is 4.79 Å². The fourth-order valence-corrected chi connectivity index (χ4v) is 2.80. The first-order valence-electron chi connectivity index (χ1n) is 7.25. The molecule has 0 amide bonds.